The zero-order valence-corrected chi connectivity index (χ0v) is 11.3. The van der Waals surface area contributed by atoms with Crippen molar-refractivity contribution in [2.75, 3.05) is 19.8 Å². The Kier molecular flexibility index (Phi) is 7.57. The molecule has 0 bridgehead atoms. The van der Waals surface area contributed by atoms with Crippen molar-refractivity contribution in [1.82, 2.24) is 4.98 Å². The zero-order valence-electron chi connectivity index (χ0n) is 11.3. The molecule has 2 atom stereocenters. The number of hydrogen-bond donors (Lipinski definition) is 1. The van der Waals surface area contributed by atoms with Crippen LogP contribution < -0.4 is 5.73 Å². The predicted octanol–water partition coefficient (Wildman–Crippen LogP) is 2.30. The molecule has 0 amide bonds. The van der Waals surface area contributed by atoms with Crippen molar-refractivity contribution in [2.24, 2.45) is 5.73 Å². The molecule has 0 radical (unpaired) electrons. The lowest BCUT2D eigenvalue weighted by Crippen LogP contribution is -2.30. The van der Waals surface area contributed by atoms with Gasteiger partial charge in [0.25, 0.3) is 0 Å². The maximum Gasteiger partial charge on any atom is 0.0977 e. The van der Waals surface area contributed by atoms with Crippen LogP contribution in [0.1, 0.15) is 38.4 Å². The maximum atomic E-state index is 6.10. The molecule has 0 aliphatic heterocycles. The summed E-state index contributed by atoms with van der Waals surface area (Å²) in [6.07, 6.45) is 5.36. The summed E-state index contributed by atoms with van der Waals surface area (Å²) in [7, 11) is 0. The third-order valence-electron chi connectivity index (χ3n) is 2.77. The van der Waals surface area contributed by atoms with E-state index in [0.717, 1.165) is 25.0 Å². The zero-order chi connectivity index (χ0) is 13.2. The Labute approximate surface area is 110 Å². The van der Waals surface area contributed by atoms with Crippen LogP contribution in [0.5, 0.6) is 0 Å². The molecule has 1 aromatic heterocycles. The van der Waals surface area contributed by atoms with Crippen molar-refractivity contribution >= 4 is 0 Å². The van der Waals surface area contributed by atoms with Crippen LogP contribution >= 0.6 is 0 Å². The molecule has 1 heterocycles. The number of nitrogens with zero attached hydrogens (tertiary/aromatic N) is 1. The Morgan fingerprint density at radius 1 is 1.17 bits per heavy atom. The van der Waals surface area contributed by atoms with Crippen molar-refractivity contribution in [3.05, 3.63) is 30.1 Å². The van der Waals surface area contributed by atoms with Gasteiger partial charge in [-0.1, -0.05) is 13.8 Å². The Morgan fingerprint density at radius 2 is 1.89 bits per heavy atom. The van der Waals surface area contributed by atoms with Crippen LogP contribution in [0.4, 0.5) is 0 Å². The second kappa shape index (κ2) is 9.03. The van der Waals surface area contributed by atoms with Gasteiger partial charge in [0, 0.05) is 25.0 Å². The highest BCUT2D eigenvalue weighted by Crippen LogP contribution is 2.21. The normalized spacial score (nSPS) is 14.4. The van der Waals surface area contributed by atoms with Gasteiger partial charge in [0.1, 0.15) is 0 Å². The average molecular weight is 252 g/mol. The van der Waals surface area contributed by atoms with Gasteiger partial charge in [-0.2, -0.15) is 0 Å². The third-order valence-corrected chi connectivity index (χ3v) is 2.77. The van der Waals surface area contributed by atoms with E-state index in [1.807, 2.05) is 12.1 Å². The van der Waals surface area contributed by atoms with Gasteiger partial charge >= 0.3 is 0 Å². The van der Waals surface area contributed by atoms with E-state index in [-0.39, 0.29) is 12.1 Å². The highest BCUT2D eigenvalue weighted by atomic mass is 16.5. The molecule has 1 rings (SSSR count). The predicted molar refractivity (Wildman–Crippen MR) is 72.3 cm³/mol. The van der Waals surface area contributed by atoms with Crippen molar-refractivity contribution in [2.45, 2.75) is 38.8 Å². The molecular weight excluding hydrogens is 228 g/mol. The fourth-order valence-corrected chi connectivity index (χ4v) is 1.71. The SMILES string of the molecule is CCCOCCOC(c1ccncc1)C(N)CC. The first-order valence-electron chi connectivity index (χ1n) is 6.64. The molecule has 1 aromatic rings. The first-order chi connectivity index (χ1) is 8.79. The van der Waals surface area contributed by atoms with Gasteiger partial charge in [0.15, 0.2) is 0 Å². The van der Waals surface area contributed by atoms with E-state index in [4.69, 9.17) is 15.2 Å². The monoisotopic (exact) mass is 252 g/mol. The number of rotatable bonds is 9. The molecule has 4 nitrogen and oxygen atoms in total. The minimum Gasteiger partial charge on any atom is -0.379 e. The second-order valence-corrected chi connectivity index (χ2v) is 4.26. The Balaban J connectivity index is 2.47. The Morgan fingerprint density at radius 3 is 2.50 bits per heavy atom. The molecule has 18 heavy (non-hydrogen) atoms. The van der Waals surface area contributed by atoms with Crippen LogP contribution in [0.2, 0.25) is 0 Å². The summed E-state index contributed by atoms with van der Waals surface area (Å²) in [6, 6.07) is 3.90. The lowest BCUT2D eigenvalue weighted by molar-refractivity contribution is -0.00769. The van der Waals surface area contributed by atoms with E-state index in [9.17, 15) is 0 Å². The third kappa shape index (κ3) is 5.12. The van der Waals surface area contributed by atoms with Crippen molar-refractivity contribution in [1.29, 1.82) is 0 Å². The van der Waals surface area contributed by atoms with Crippen molar-refractivity contribution in [3.63, 3.8) is 0 Å². The van der Waals surface area contributed by atoms with Crippen LogP contribution in [0.3, 0.4) is 0 Å². The minimum atomic E-state index is -0.0803. The van der Waals surface area contributed by atoms with Gasteiger partial charge in [-0.15, -0.1) is 0 Å². The molecule has 0 saturated carbocycles. The first kappa shape index (κ1) is 15.1. The van der Waals surface area contributed by atoms with Crippen molar-refractivity contribution in [3.8, 4) is 0 Å². The van der Waals surface area contributed by atoms with Crippen molar-refractivity contribution < 1.29 is 9.47 Å². The number of pyridine rings is 1. The molecule has 0 aliphatic carbocycles. The van der Waals surface area contributed by atoms with E-state index in [2.05, 4.69) is 18.8 Å². The Bertz CT molecular complexity index is 306. The fourth-order valence-electron chi connectivity index (χ4n) is 1.71. The summed E-state index contributed by atoms with van der Waals surface area (Å²) in [5.41, 5.74) is 7.18. The Hall–Kier alpha value is -0.970. The van der Waals surface area contributed by atoms with Gasteiger partial charge in [-0.25, -0.2) is 0 Å². The summed E-state index contributed by atoms with van der Waals surface area (Å²) in [5, 5.41) is 0. The molecule has 0 spiro atoms. The van der Waals surface area contributed by atoms with E-state index in [0.29, 0.717) is 13.2 Å². The molecule has 0 saturated heterocycles. The number of hydrogen-bond acceptors (Lipinski definition) is 4. The summed E-state index contributed by atoms with van der Waals surface area (Å²) in [5.74, 6) is 0. The highest BCUT2D eigenvalue weighted by Gasteiger charge is 2.18. The quantitative estimate of drug-likeness (QED) is 0.685. The molecule has 0 aliphatic rings. The number of aromatic nitrogens is 1. The van der Waals surface area contributed by atoms with Gasteiger partial charge < -0.3 is 15.2 Å². The lowest BCUT2D eigenvalue weighted by atomic mass is 10.0. The molecule has 0 aromatic carbocycles. The minimum absolute atomic E-state index is 0.00132. The molecule has 2 unspecified atom stereocenters. The summed E-state index contributed by atoms with van der Waals surface area (Å²) < 4.78 is 11.3. The van der Waals surface area contributed by atoms with Gasteiger partial charge in [0.05, 0.1) is 19.3 Å². The van der Waals surface area contributed by atoms with Gasteiger partial charge in [-0.3, -0.25) is 4.98 Å². The van der Waals surface area contributed by atoms with E-state index >= 15 is 0 Å². The standard InChI is InChI=1S/C14H24N2O2/c1-3-9-17-10-11-18-14(13(15)4-2)12-5-7-16-8-6-12/h5-8,13-14H,3-4,9-11,15H2,1-2H3. The molecule has 102 valence electrons. The van der Waals surface area contributed by atoms with Crippen LogP contribution in [-0.4, -0.2) is 30.8 Å². The van der Waals surface area contributed by atoms with E-state index < -0.39 is 0 Å². The number of ether oxygens (including phenoxy) is 2. The van der Waals surface area contributed by atoms with Crippen LogP contribution in [0, 0.1) is 0 Å². The van der Waals surface area contributed by atoms with E-state index in [1.165, 1.54) is 0 Å². The molecule has 4 heteroatoms. The summed E-state index contributed by atoms with van der Waals surface area (Å²) in [4.78, 5) is 4.01. The first-order valence-corrected chi connectivity index (χ1v) is 6.64. The van der Waals surface area contributed by atoms with Gasteiger partial charge in [0.2, 0.25) is 0 Å². The number of nitrogens with two attached hydrogens (primary N) is 1. The largest absolute Gasteiger partial charge is 0.379 e. The van der Waals surface area contributed by atoms with Crippen LogP contribution in [0.25, 0.3) is 0 Å². The van der Waals surface area contributed by atoms with Crippen LogP contribution in [0.15, 0.2) is 24.5 Å². The highest BCUT2D eigenvalue weighted by molar-refractivity contribution is 5.15. The average Bonchev–Trinajstić information content (AvgIpc) is 2.43. The molecular formula is C14H24N2O2. The molecule has 0 fully saturated rings. The second-order valence-electron chi connectivity index (χ2n) is 4.26. The summed E-state index contributed by atoms with van der Waals surface area (Å²) in [6.45, 7) is 6.12. The fraction of sp³-hybridized carbons (Fsp3) is 0.643. The molecule has 2 N–H and O–H groups in total. The topological polar surface area (TPSA) is 57.4 Å². The smallest absolute Gasteiger partial charge is 0.0977 e. The van der Waals surface area contributed by atoms with Gasteiger partial charge in [-0.05, 0) is 30.5 Å². The maximum absolute atomic E-state index is 6.10. The van der Waals surface area contributed by atoms with Crippen LogP contribution in [-0.2, 0) is 9.47 Å². The lowest BCUT2D eigenvalue weighted by Gasteiger charge is -2.23. The summed E-state index contributed by atoms with van der Waals surface area (Å²) >= 11 is 0. The van der Waals surface area contributed by atoms with E-state index in [1.54, 1.807) is 12.4 Å².